The van der Waals surface area contributed by atoms with Gasteiger partial charge in [-0.15, -0.1) is 10.2 Å². The fourth-order valence-corrected chi connectivity index (χ4v) is 3.03. The Hall–Kier alpha value is -1.88. The zero-order valence-corrected chi connectivity index (χ0v) is 12.6. The highest BCUT2D eigenvalue weighted by atomic mass is 35.5. The molecule has 3 rings (SSSR count). The van der Waals surface area contributed by atoms with Crippen molar-refractivity contribution in [3.05, 3.63) is 47.0 Å². The van der Waals surface area contributed by atoms with E-state index < -0.39 is 0 Å². The highest BCUT2D eigenvalue weighted by molar-refractivity contribution is 6.30. The van der Waals surface area contributed by atoms with Crippen molar-refractivity contribution in [3.63, 3.8) is 0 Å². The second-order valence-corrected chi connectivity index (χ2v) is 5.84. The first-order chi connectivity index (χ1) is 10.1. The van der Waals surface area contributed by atoms with Crippen molar-refractivity contribution in [3.8, 4) is 0 Å². The molecular formula is C15H17ClN4O. The number of aryl methyl sites for hydroxylation is 1. The lowest BCUT2D eigenvalue weighted by Gasteiger charge is -2.32. The summed E-state index contributed by atoms with van der Waals surface area (Å²) < 4.78 is 1.93. The van der Waals surface area contributed by atoms with Gasteiger partial charge in [0.15, 0.2) is 0 Å². The molecule has 0 radical (unpaired) electrons. The Morgan fingerprint density at radius 3 is 3.00 bits per heavy atom. The van der Waals surface area contributed by atoms with Gasteiger partial charge in [-0.1, -0.05) is 17.7 Å². The van der Waals surface area contributed by atoms with Crippen LogP contribution in [0.15, 0.2) is 30.6 Å². The summed E-state index contributed by atoms with van der Waals surface area (Å²) in [4.78, 5) is 14.5. The minimum Gasteiger partial charge on any atom is -0.338 e. The van der Waals surface area contributed by atoms with Crippen LogP contribution in [0.25, 0.3) is 0 Å². The number of hydrogen-bond donors (Lipinski definition) is 0. The molecule has 2 aromatic rings. The van der Waals surface area contributed by atoms with E-state index in [1.165, 1.54) is 0 Å². The molecule has 0 saturated carbocycles. The summed E-state index contributed by atoms with van der Waals surface area (Å²) in [5.74, 6) is 1.22. The number of piperidine rings is 1. The van der Waals surface area contributed by atoms with Crippen LogP contribution in [0.2, 0.25) is 5.02 Å². The molecule has 1 fully saturated rings. The second-order valence-electron chi connectivity index (χ2n) is 5.40. The lowest BCUT2D eigenvalue weighted by atomic mass is 9.96. The van der Waals surface area contributed by atoms with E-state index in [-0.39, 0.29) is 11.8 Å². The number of amides is 1. The van der Waals surface area contributed by atoms with Gasteiger partial charge in [-0.05, 0) is 31.0 Å². The van der Waals surface area contributed by atoms with Gasteiger partial charge < -0.3 is 9.47 Å². The molecule has 1 aromatic carbocycles. The topological polar surface area (TPSA) is 51.0 Å². The molecular weight excluding hydrogens is 288 g/mol. The first-order valence-corrected chi connectivity index (χ1v) is 7.41. The predicted molar refractivity (Wildman–Crippen MR) is 80.3 cm³/mol. The zero-order valence-electron chi connectivity index (χ0n) is 11.9. The van der Waals surface area contributed by atoms with Crippen LogP contribution in [0.4, 0.5) is 0 Å². The summed E-state index contributed by atoms with van der Waals surface area (Å²) >= 11 is 5.97. The van der Waals surface area contributed by atoms with Gasteiger partial charge in [-0.2, -0.15) is 0 Å². The molecule has 1 amide bonds. The summed E-state index contributed by atoms with van der Waals surface area (Å²) in [7, 11) is 1.94. The SMILES string of the molecule is Cn1cnnc1C1CCCN(C(=O)c2cccc(Cl)c2)C1. The number of aromatic nitrogens is 3. The number of carbonyl (C=O) groups excluding carboxylic acids is 1. The molecule has 1 saturated heterocycles. The van der Waals surface area contributed by atoms with Crippen LogP contribution in [0, 0.1) is 0 Å². The number of halogens is 1. The van der Waals surface area contributed by atoms with E-state index in [4.69, 9.17) is 11.6 Å². The molecule has 1 unspecified atom stereocenters. The highest BCUT2D eigenvalue weighted by Crippen LogP contribution is 2.26. The summed E-state index contributed by atoms with van der Waals surface area (Å²) in [6.07, 6.45) is 3.71. The first kappa shape index (κ1) is 14.1. The molecule has 1 aliphatic heterocycles. The van der Waals surface area contributed by atoms with Gasteiger partial charge in [0, 0.05) is 36.6 Å². The number of carbonyl (C=O) groups is 1. The average molecular weight is 305 g/mol. The molecule has 110 valence electrons. The fraction of sp³-hybridized carbons (Fsp3) is 0.400. The molecule has 5 nitrogen and oxygen atoms in total. The Labute approximate surface area is 128 Å². The molecule has 1 aliphatic rings. The van der Waals surface area contributed by atoms with Gasteiger partial charge in [0.25, 0.3) is 5.91 Å². The van der Waals surface area contributed by atoms with Crippen molar-refractivity contribution in [2.45, 2.75) is 18.8 Å². The normalized spacial score (nSPS) is 18.8. The van der Waals surface area contributed by atoms with Gasteiger partial charge in [0.1, 0.15) is 12.2 Å². The van der Waals surface area contributed by atoms with Gasteiger partial charge in [-0.25, -0.2) is 0 Å². The summed E-state index contributed by atoms with van der Waals surface area (Å²) in [6.45, 7) is 1.46. The van der Waals surface area contributed by atoms with Crippen LogP contribution in [0.1, 0.15) is 34.9 Å². The fourth-order valence-electron chi connectivity index (χ4n) is 2.84. The van der Waals surface area contributed by atoms with Crippen molar-refractivity contribution in [2.75, 3.05) is 13.1 Å². The predicted octanol–water partition coefficient (Wildman–Crippen LogP) is 2.49. The minimum absolute atomic E-state index is 0.0318. The molecule has 21 heavy (non-hydrogen) atoms. The van der Waals surface area contributed by atoms with Crippen LogP contribution in [0.3, 0.4) is 0 Å². The van der Waals surface area contributed by atoms with Crippen molar-refractivity contribution in [1.82, 2.24) is 19.7 Å². The number of hydrogen-bond acceptors (Lipinski definition) is 3. The quantitative estimate of drug-likeness (QED) is 0.856. The Kier molecular flexibility index (Phi) is 3.92. The molecule has 6 heteroatoms. The lowest BCUT2D eigenvalue weighted by molar-refractivity contribution is 0.0703. The van der Waals surface area contributed by atoms with Crippen molar-refractivity contribution in [2.24, 2.45) is 7.05 Å². The monoisotopic (exact) mass is 304 g/mol. The van der Waals surface area contributed by atoms with Crippen LogP contribution >= 0.6 is 11.6 Å². The van der Waals surface area contributed by atoms with E-state index >= 15 is 0 Å². The molecule has 0 bridgehead atoms. The third kappa shape index (κ3) is 2.93. The van der Waals surface area contributed by atoms with Crippen molar-refractivity contribution < 1.29 is 4.79 Å². The molecule has 2 heterocycles. The van der Waals surface area contributed by atoms with Crippen molar-refractivity contribution >= 4 is 17.5 Å². The highest BCUT2D eigenvalue weighted by Gasteiger charge is 2.27. The largest absolute Gasteiger partial charge is 0.338 e. The number of rotatable bonds is 2. The number of benzene rings is 1. The third-order valence-electron chi connectivity index (χ3n) is 3.89. The summed E-state index contributed by atoms with van der Waals surface area (Å²) in [5, 5.41) is 8.69. The lowest BCUT2D eigenvalue weighted by Crippen LogP contribution is -2.39. The Balaban J connectivity index is 1.77. The Bertz CT molecular complexity index is 655. The van der Waals surface area contributed by atoms with Gasteiger partial charge in [0.2, 0.25) is 0 Å². The molecule has 1 aromatic heterocycles. The third-order valence-corrected chi connectivity index (χ3v) is 4.13. The maximum atomic E-state index is 12.6. The first-order valence-electron chi connectivity index (χ1n) is 7.04. The van der Waals surface area contributed by atoms with Gasteiger partial charge in [-0.3, -0.25) is 4.79 Å². The van der Waals surface area contributed by atoms with Crippen LogP contribution in [0.5, 0.6) is 0 Å². The van der Waals surface area contributed by atoms with E-state index in [1.54, 1.807) is 30.6 Å². The second kappa shape index (κ2) is 5.85. The van der Waals surface area contributed by atoms with E-state index in [9.17, 15) is 4.79 Å². The minimum atomic E-state index is 0.0318. The van der Waals surface area contributed by atoms with Gasteiger partial charge in [0.05, 0.1) is 0 Å². The van der Waals surface area contributed by atoms with Crippen LogP contribution in [-0.4, -0.2) is 38.7 Å². The van der Waals surface area contributed by atoms with Crippen LogP contribution < -0.4 is 0 Å². The van der Waals surface area contributed by atoms with Crippen molar-refractivity contribution in [1.29, 1.82) is 0 Å². The summed E-state index contributed by atoms with van der Waals surface area (Å²) in [5.41, 5.74) is 0.640. The standard InChI is InChI=1S/C15H17ClN4O/c1-19-10-17-18-14(19)12-5-3-7-20(9-12)15(21)11-4-2-6-13(16)8-11/h2,4,6,8,10,12H,3,5,7,9H2,1H3. The Morgan fingerprint density at radius 2 is 2.29 bits per heavy atom. The molecule has 0 N–H and O–H groups in total. The Morgan fingerprint density at radius 1 is 1.43 bits per heavy atom. The average Bonchev–Trinajstić information content (AvgIpc) is 2.93. The molecule has 0 aliphatic carbocycles. The van der Waals surface area contributed by atoms with E-state index in [2.05, 4.69) is 10.2 Å². The smallest absolute Gasteiger partial charge is 0.253 e. The zero-order chi connectivity index (χ0) is 14.8. The number of nitrogens with zero attached hydrogens (tertiary/aromatic N) is 4. The summed E-state index contributed by atoms with van der Waals surface area (Å²) in [6, 6.07) is 7.10. The van der Waals surface area contributed by atoms with Gasteiger partial charge >= 0.3 is 0 Å². The number of likely N-dealkylation sites (tertiary alicyclic amines) is 1. The van der Waals surface area contributed by atoms with Crippen LogP contribution in [-0.2, 0) is 7.05 Å². The van der Waals surface area contributed by atoms with E-state index in [0.717, 1.165) is 25.2 Å². The molecule has 1 atom stereocenters. The molecule has 0 spiro atoms. The van der Waals surface area contributed by atoms with E-state index in [1.807, 2.05) is 16.5 Å². The maximum absolute atomic E-state index is 12.6. The van der Waals surface area contributed by atoms with E-state index in [0.29, 0.717) is 17.1 Å². The maximum Gasteiger partial charge on any atom is 0.253 e.